The van der Waals surface area contributed by atoms with E-state index in [1.165, 1.54) is 32.7 Å². The molecule has 1 aromatic heterocycles. The van der Waals surface area contributed by atoms with Crippen molar-refractivity contribution in [2.45, 2.75) is 50.6 Å². The first kappa shape index (κ1) is 28.3. The molecule has 8 nitrogen and oxygen atoms in total. The maximum atomic E-state index is 14.2. The number of hydrogen-bond acceptors (Lipinski definition) is 7. The Kier molecular flexibility index (Phi) is 9.70. The van der Waals surface area contributed by atoms with Crippen molar-refractivity contribution in [2.75, 3.05) is 33.3 Å². The number of methoxy groups -OCH3 is 4. The Morgan fingerprint density at radius 3 is 2.23 bits per heavy atom. The zero-order valence-electron chi connectivity index (χ0n) is 22.9. The van der Waals surface area contributed by atoms with Gasteiger partial charge in [0, 0.05) is 22.7 Å². The lowest BCUT2D eigenvalue weighted by molar-refractivity contribution is -0.127. The zero-order chi connectivity index (χ0) is 27.8. The van der Waals surface area contributed by atoms with Crippen molar-refractivity contribution in [3.63, 3.8) is 0 Å². The lowest BCUT2D eigenvalue weighted by Crippen LogP contribution is -2.47. The Balaban J connectivity index is 1.87. The minimum absolute atomic E-state index is 0.0512. The highest BCUT2D eigenvalue weighted by atomic mass is 32.1. The Labute approximate surface area is 233 Å². The van der Waals surface area contributed by atoms with Gasteiger partial charge >= 0.3 is 0 Å². The van der Waals surface area contributed by atoms with Crippen LogP contribution in [-0.2, 0) is 16.0 Å². The maximum absolute atomic E-state index is 14.2. The Hall–Kier alpha value is -3.72. The topological polar surface area (TPSA) is 86.3 Å². The summed E-state index contributed by atoms with van der Waals surface area (Å²) < 4.78 is 22.2. The molecule has 2 aromatic carbocycles. The van der Waals surface area contributed by atoms with Gasteiger partial charge in [-0.2, -0.15) is 0 Å². The summed E-state index contributed by atoms with van der Waals surface area (Å²) in [5.74, 6) is 1.31. The molecule has 1 aliphatic rings. The molecule has 0 radical (unpaired) electrons. The summed E-state index contributed by atoms with van der Waals surface area (Å²) in [5.41, 5.74) is 1.09. The number of benzene rings is 2. The van der Waals surface area contributed by atoms with E-state index in [1.54, 1.807) is 30.2 Å². The van der Waals surface area contributed by atoms with Crippen molar-refractivity contribution in [1.82, 2.24) is 5.32 Å². The summed E-state index contributed by atoms with van der Waals surface area (Å²) >= 11 is 1.50. The van der Waals surface area contributed by atoms with Gasteiger partial charge in [0.05, 0.1) is 34.9 Å². The number of carbonyl (C=O) groups excluding carboxylic acids is 2. The van der Waals surface area contributed by atoms with Crippen LogP contribution >= 0.6 is 11.3 Å². The van der Waals surface area contributed by atoms with Gasteiger partial charge < -0.3 is 24.3 Å². The van der Waals surface area contributed by atoms with Gasteiger partial charge in [0.2, 0.25) is 17.6 Å². The highest BCUT2D eigenvalue weighted by Gasteiger charge is 2.36. The molecular formula is C30H36N2O6S. The minimum atomic E-state index is -1.000. The number of nitrogens with zero attached hydrogens (tertiary/aromatic N) is 1. The molecule has 1 atom stereocenters. The van der Waals surface area contributed by atoms with Gasteiger partial charge in [-0.3, -0.25) is 14.5 Å². The highest BCUT2D eigenvalue weighted by molar-refractivity contribution is 7.10. The van der Waals surface area contributed by atoms with Crippen molar-refractivity contribution < 1.29 is 28.5 Å². The van der Waals surface area contributed by atoms with Gasteiger partial charge in [-0.1, -0.05) is 31.4 Å². The number of thiophene rings is 1. The SMILES string of the molecule is COc1cccc(N(C(=O)Cc2cccs2)[C@@H](C(=O)NC2CCCCC2)c2cc(OC)c(OC)c(OC)c2)c1. The first-order chi connectivity index (χ1) is 19.0. The summed E-state index contributed by atoms with van der Waals surface area (Å²) in [5, 5.41) is 5.17. The number of rotatable bonds is 11. The van der Waals surface area contributed by atoms with E-state index in [1.807, 2.05) is 35.7 Å². The fraction of sp³-hybridized carbons (Fsp3) is 0.400. The first-order valence-corrected chi connectivity index (χ1v) is 14.0. The van der Waals surface area contributed by atoms with Crippen LogP contribution in [0.4, 0.5) is 5.69 Å². The van der Waals surface area contributed by atoms with Crippen LogP contribution in [0.15, 0.2) is 53.9 Å². The first-order valence-electron chi connectivity index (χ1n) is 13.1. The molecule has 39 heavy (non-hydrogen) atoms. The zero-order valence-corrected chi connectivity index (χ0v) is 23.7. The lowest BCUT2D eigenvalue weighted by Gasteiger charge is -2.34. The van der Waals surface area contributed by atoms with E-state index in [-0.39, 0.29) is 24.3 Å². The third kappa shape index (κ3) is 6.65. The van der Waals surface area contributed by atoms with Crippen LogP contribution < -0.4 is 29.2 Å². The van der Waals surface area contributed by atoms with Gasteiger partial charge in [-0.25, -0.2) is 0 Å². The molecule has 3 aromatic rings. The molecule has 1 aliphatic carbocycles. The normalized spacial score (nSPS) is 14.3. The monoisotopic (exact) mass is 552 g/mol. The van der Waals surface area contributed by atoms with E-state index in [2.05, 4.69) is 5.32 Å². The molecule has 0 unspecified atom stereocenters. The van der Waals surface area contributed by atoms with E-state index in [0.717, 1.165) is 37.0 Å². The van der Waals surface area contributed by atoms with Crippen molar-refractivity contribution >= 4 is 28.8 Å². The molecule has 1 fully saturated rings. The lowest BCUT2D eigenvalue weighted by atomic mass is 9.94. The van der Waals surface area contributed by atoms with Gasteiger partial charge in [-0.05, 0) is 54.1 Å². The van der Waals surface area contributed by atoms with Crippen LogP contribution in [0.3, 0.4) is 0 Å². The van der Waals surface area contributed by atoms with Crippen molar-refractivity contribution in [1.29, 1.82) is 0 Å². The molecule has 1 heterocycles. The number of anilines is 1. The van der Waals surface area contributed by atoms with Crippen LogP contribution in [0.1, 0.15) is 48.6 Å². The average Bonchev–Trinajstić information content (AvgIpc) is 3.48. The Morgan fingerprint density at radius 2 is 1.64 bits per heavy atom. The van der Waals surface area contributed by atoms with Crippen molar-refractivity contribution in [2.24, 2.45) is 0 Å². The van der Waals surface area contributed by atoms with E-state index < -0.39 is 6.04 Å². The molecule has 0 spiro atoms. The van der Waals surface area contributed by atoms with E-state index >= 15 is 0 Å². The number of amides is 2. The van der Waals surface area contributed by atoms with Crippen LogP contribution in [0.2, 0.25) is 0 Å². The summed E-state index contributed by atoms with van der Waals surface area (Å²) in [6.45, 7) is 0. The Morgan fingerprint density at radius 1 is 0.923 bits per heavy atom. The smallest absolute Gasteiger partial charge is 0.248 e. The highest BCUT2D eigenvalue weighted by Crippen LogP contribution is 2.42. The molecule has 9 heteroatoms. The summed E-state index contributed by atoms with van der Waals surface area (Å²) in [4.78, 5) is 30.7. The largest absolute Gasteiger partial charge is 0.497 e. The predicted molar refractivity (Wildman–Crippen MR) is 152 cm³/mol. The summed E-state index contributed by atoms with van der Waals surface area (Å²) in [7, 11) is 6.16. The molecule has 208 valence electrons. The molecule has 0 aliphatic heterocycles. The van der Waals surface area contributed by atoms with Gasteiger partial charge in [-0.15, -0.1) is 11.3 Å². The second-order valence-electron chi connectivity index (χ2n) is 9.43. The van der Waals surface area contributed by atoms with Crippen molar-refractivity contribution in [3.05, 3.63) is 64.4 Å². The van der Waals surface area contributed by atoms with Crippen LogP contribution in [0.25, 0.3) is 0 Å². The van der Waals surface area contributed by atoms with E-state index in [4.69, 9.17) is 18.9 Å². The fourth-order valence-corrected chi connectivity index (χ4v) is 5.74. The van der Waals surface area contributed by atoms with Gasteiger partial charge in [0.15, 0.2) is 11.5 Å². The molecule has 0 bridgehead atoms. The number of ether oxygens (including phenoxy) is 4. The van der Waals surface area contributed by atoms with Gasteiger partial charge in [0.25, 0.3) is 0 Å². The molecule has 2 amide bonds. The molecule has 0 saturated heterocycles. The van der Waals surface area contributed by atoms with Crippen molar-refractivity contribution in [3.8, 4) is 23.0 Å². The van der Waals surface area contributed by atoms with E-state index in [9.17, 15) is 9.59 Å². The number of nitrogens with one attached hydrogen (secondary N) is 1. The molecule has 1 saturated carbocycles. The van der Waals surface area contributed by atoms with Crippen LogP contribution in [0.5, 0.6) is 23.0 Å². The van der Waals surface area contributed by atoms with Crippen LogP contribution in [0, 0.1) is 0 Å². The Bertz CT molecular complexity index is 1230. The summed E-state index contributed by atoms with van der Waals surface area (Å²) in [6, 6.07) is 13.6. The maximum Gasteiger partial charge on any atom is 0.248 e. The minimum Gasteiger partial charge on any atom is -0.497 e. The molecule has 4 rings (SSSR count). The number of carbonyl (C=O) groups is 2. The summed E-state index contributed by atoms with van der Waals surface area (Å²) in [6.07, 6.45) is 5.27. The number of hydrogen-bond donors (Lipinski definition) is 1. The predicted octanol–water partition coefficient (Wildman–Crippen LogP) is 5.55. The fourth-order valence-electron chi connectivity index (χ4n) is 5.05. The van der Waals surface area contributed by atoms with E-state index in [0.29, 0.717) is 34.2 Å². The molecule has 1 N–H and O–H groups in total. The van der Waals surface area contributed by atoms with Gasteiger partial charge in [0.1, 0.15) is 11.8 Å². The average molecular weight is 553 g/mol. The third-order valence-electron chi connectivity index (χ3n) is 6.97. The standard InChI is InChI=1S/C30H36N2O6S/c1-35-23-13-8-12-22(18-23)32(27(33)19-24-14-9-15-39-24)28(30(34)31-21-10-6-5-7-11-21)20-16-25(36-2)29(38-4)26(17-20)37-3/h8-9,12-18,21,28H,5-7,10-11,19H2,1-4H3,(H,31,34)/t28-/m1/s1. The third-order valence-corrected chi connectivity index (χ3v) is 7.84. The second-order valence-corrected chi connectivity index (χ2v) is 10.5. The quantitative estimate of drug-likeness (QED) is 0.336. The van der Waals surface area contributed by atoms with Crippen LogP contribution in [-0.4, -0.2) is 46.3 Å². The second kappa shape index (κ2) is 13.4. The molecular weight excluding hydrogens is 516 g/mol.